The van der Waals surface area contributed by atoms with Crippen LogP contribution in [0.15, 0.2) is 0 Å². The Balaban J connectivity index is 1.75. The van der Waals surface area contributed by atoms with E-state index in [2.05, 4.69) is 21.2 Å². The molecule has 3 rings (SSSR count). The molecule has 0 aromatic carbocycles. The number of nitrogens with zero attached hydrogens (tertiary/aromatic N) is 3. The summed E-state index contributed by atoms with van der Waals surface area (Å²) in [6.45, 7) is 6.66. The molecule has 0 aromatic rings. The molecule has 0 aromatic heterocycles. The van der Waals surface area contributed by atoms with E-state index in [4.69, 9.17) is 0 Å². The van der Waals surface area contributed by atoms with Crippen molar-refractivity contribution in [2.75, 3.05) is 39.3 Å². The van der Waals surface area contributed by atoms with Gasteiger partial charge >= 0.3 is 0 Å². The third kappa shape index (κ3) is 2.16. The van der Waals surface area contributed by atoms with Crippen LogP contribution in [0.5, 0.6) is 0 Å². The van der Waals surface area contributed by atoms with Gasteiger partial charge in [0.25, 0.3) is 0 Å². The van der Waals surface area contributed by atoms with Gasteiger partial charge in [0, 0.05) is 32.2 Å². The third-order valence-electron chi connectivity index (χ3n) is 5.04. The molecular weight excluding hydrogens is 224 g/mol. The number of nitrogens with one attached hydrogen (secondary N) is 1. The molecule has 2 atom stereocenters. The zero-order chi connectivity index (χ0) is 12.4. The average Bonchev–Trinajstić information content (AvgIpc) is 2.69. The molecule has 3 heterocycles. The lowest BCUT2D eigenvalue weighted by atomic mass is 9.82. The van der Waals surface area contributed by atoms with Gasteiger partial charge in [0.2, 0.25) is 0 Å². The Morgan fingerprint density at radius 3 is 2.94 bits per heavy atom. The van der Waals surface area contributed by atoms with Crippen molar-refractivity contribution in [3.05, 3.63) is 0 Å². The summed E-state index contributed by atoms with van der Waals surface area (Å²) in [5.41, 5.74) is -0.169. The molecule has 0 bridgehead atoms. The highest BCUT2D eigenvalue weighted by Gasteiger charge is 2.45. The summed E-state index contributed by atoms with van der Waals surface area (Å²) < 4.78 is 0. The number of hydrogen-bond donors (Lipinski definition) is 1. The van der Waals surface area contributed by atoms with Crippen molar-refractivity contribution in [2.45, 2.75) is 43.7 Å². The van der Waals surface area contributed by atoms with Crippen LogP contribution in [-0.2, 0) is 0 Å². The first-order valence-corrected chi connectivity index (χ1v) is 7.45. The van der Waals surface area contributed by atoms with Crippen LogP contribution in [0, 0.1) is 11.3 Å². The maximum Gasteiger partial charge on any atom is 0.112 e. The van der Waals surface area contributed by atoms with E-state index < -0.39 is 0 Å². The predicted octanol–water partition coefficient (Wildman–Crippen LogP) is 0.802. The lowest BCUT2D eigenvalue weighted by Crippen LogP contribution is -2.57. The van der Waals surface area contributed by atoms with Crippen LogP contribution >= 0.6 is 0 Å². The summed E-state index contributed by atoms with van der Waals surface area (Å²) in [5.74, 6) is 0. The van der Waals surface area contributed by atoms with E-state index in [1.807, 2.05) is 0 Å². The van der Waals surface area contributed by atoms with E-state index in [0.29, 0.717) is 6.04 Å². The molecule has 3 saturated heterocycles. The van der Waals surface area contributed by atoms with E-state index in [1.54, 1.807) is 0 Å². The summed E-state index contributed by atoms with van der Waals surface area (Å²) in [5, 5.41) is 13.2. The van der Waals surface area contributed by atoms with Crippen LogP contribution in [0.4, 0.5) is 0 Å². The van der Waals surface area contributed by atoms with Crippen molar-refractivity contribution in [1.29, 1.82) is 5.26 Å². The number of fused-ring (bicyclic) bond motifs is 1. The van der Waals surface area contributed by atoms with Crippen LogP contribution in [-0.4, -0.2) is 60.6 Å². The highest BCUT2D eigenvalue weighted by Crippen LogP contribution is 2.36. The number of piperidine rings is 1. The van der Waals surface area contributed by atoms with Gasteiger partial charge in [-0.05, 0) is 45.2 Å². The third-order valence-corrected chi connectivity index (χ3v) is 5.04. The predicted molar refractivity (Wildman–Crippen MR) is 71.2 cm³/mol. The average molecular weight is 248 g/mol. The summed E-state index contributed by atoms with van der Waals surface area (Å²) in [6.07, 6.45) is 5.92. The van der Waals surface area contributed by atoms with Crippen molar-refractivity contribution in [1.82, 2.24) is 15.1 Å². The first-order chi connectivity index (χ1) is 8.84. The minimum atomic E-state index is -0.169. The van der Waals surface area contributed by atoms with Crippen molar-refractivity contribution in [3.8, 4) is 6.07 Å². The van der Waals surface area contributed by atoms with E-state index in [1.165, 1.54) is 25.8 Å². The smallest absolute Gasteiger partial charge is 0.112 e. The number of hydrogen-bond acceptors (Lipinski definition) is 4. The Bertz CT molecular complexity index is 329. The summed E-state index contributed by atoms with van der Waals surface area (Å²) >= 11 is 0. The molecule has 2 unspecified atom stereocenters. The molecule has 3 fully saturated rings. The van der Waals surface area contributed by atoms with Crippen LogP contribution in [0.1, 0.15) is 32.1 Å². The molecule has 100 valence electrons. The number of rotatable bonds is 1. The fraction of sp³-hybridized carbons (Fsp3) is 0.929. The van der Waals surface area contributed by atoms with Gasteiger partial charge in [0.15, 0.2) is 0 Å². The van der Waals surface area contributed by atoms with Gasteiger partial charge in [-0.25, -0.2) is 0 Å². The lowest BCUT2D eigenvalue weighted by Gasteiger charge is -2.46. The Labute approximate surface area is 110 Å². The second-order valence-corrected chi connectivity index (χ2v) is 6.02. The summed E-state index contributed by atoms with van der Waals surface area (Å²) in [4.78, 5) is 5.08. The van der Waals surface area contributed by atoms with Gasteiger partial charge in [0.1, 0.15) is 5.54 Å². The maximum absolute atomic E-state index is 9.77. The SMILES string of the molecule is N#CC1(N2CCCNCC2)CCN2CCCC2C1. The molecule has 4 nitrogen and oxygen atoms in total. The fourth-order valence-corrected chi connectivity index (χ4v) is 3.97. The maximum atomic E-state index is 9.77. The minimum absolute atomic E-state index is 0.169. The van der Waals surface area contributed by atoms with E-state index in [0.717, 1.165) is 45.6 Å². The summed E-state index contributed by atoms with van der Waals surface area (Å²) in [7, 11) is 0. The molecule has 0 spiro atoms. The minimum Gasteiger partial charge on any atom is -0.315 e. The van der Waals surface area contributed by atoms with Gasteiger partial charge in [-0.1, -0.05) is 0 Å². The second kappa shape index (κ2) is 5.16. The molecule has 1 N–H and O–H groups in total. The van der Waals surface area contributed by atoms with Crippen LogP contribution < -0.4 is 5.32 Å². The van der Waals surface area contributed by atoms with Crippen molar-refractivity contribution < 1.29 is 0 Å². The molecule has 0 aliphatic carbocycles. The normalized spacial score (nSPS) is 38.9. The quantitative estimate of drug-likeness (QED) is 0.745. The van der Waals surface area contributed by atoms with Crippen molar-refractivity contribution in [3.63, 3.8) is 0 Å². The molecular formula is C14H24N4. The molecule has 4 heteroatoms. The number of nitriles is 1. The fourth-order valence-electron chi connectivity index (χ4n) is 3.97. The monoisotopic (exact) mass is 248 g/mol. The van der Waals surface area contributed by atoms with Gasteiger partial charge in [0.05, 0.1) is 6.07 Å². The highest BCUT2D eigenvalue weighted by molar-refractivity contribution is 5.14. The Morgan fingerprint density at radius 2 is 2.06 bits per heavy atom. The van der Waals surface area contributed by atoms with Crippen molar-refractivity contribution in [2.24, 2.45) is 0 Å². The van der Waals surface area contributed by atoms with E-state index >= 15 is 0 Å². The highest BCUT2D eigenvalue weighted by atomic mass is 15.3. The first kappa shape index (κ1) is 12.4. The van der Waals surface area contributed by atoms with Crippen molar-refractivity contribution >= 4 is 0 Å². The summed E-state index contributed by atoms with van der Waals surface area (Å²) in [6, 6.07) is 3.37. The Kier molecular flexibility index (Phi) is 3.56. The van der Waals surface area contributed by atoms with Gasteiger partial charge in [-0.15, -0.1) is 0 Å². The lowest BCUT2D eigenvalue weighted by molar-refractivity contribution is 0.0465. The van der Waals surface area contributed by atoms with Gasteiger partial charge in [-0.3, -0.25) is 4.90 Å². The second-order valence-electron chi connectivity index (χ2n) is 6.02. The molecule has 0 saturated carbocycles. The van der Waals surface area contributed by atoms with Crippen LogP contribution in [0.2, 0.25) is 0 Å². The molecule has 18 heavy (non-hydrogen) atoms. The standard InChI is InChI=1S/C14H24N4/c15-12-14(18-8-2-5-16-6-10-18)4-9-17-7-1-3-13(17)11-14/h13,16H,1-11H2. The molecule has 0 amide bonds. The van der Waals surface area contributed by atoms with E-state index in [9.17, 15) is 5.26 Å². The van der Waals surface area contributed by atoms with Crippen LogP contribution in [0.25, 0.3) is 0 Å². The van der Waals surface area contributed by atoms with Gasteiger partial charge < -0.3 is 10.2 Å². The Morgan fingerprint density at radius 1 is 1.11 bits per heavy atom. The zero-order valence-electron chi connectivity index (χ0n) is 11.2. The molecule has 0 radical (unpaired) electrons. The zero-order valence-corrected chi connectivity index (χ0v) is 11.2. The molecule has 3 aliphatic rings. The first-order valence-electron chi connectivity index (χ1n) is 7.45. The van der Waals surface area contributed by atoms with Gasteiger partial charge in [-0.2, -0.15) is 5.26 Å². The Hall–Kier alpha value is -0.630. The van der Waals surface area contributed by atoms with E-state index in [-0.39, 0.29) is 5.54 Å². The molecule has 3 aliphatic heterocycles. The van der Waals surface area contributed by atoms with Crippen LogP contribution in [0.3, 0.4) is 0 Å². The largest absolute Gasteiger partial charge is 0.315 e. The topological polar surface area (TPSA) is 42.3 Å².